The van der Waals surface area contributed by atoms with E-state index in [0.717, 1.165) is 27.6 Å². The fourth-order valence-corrected chi connectivity index (χ4v) is 2.34. The molecule has 4 heteroatoms. The van der Waals surface area contributed by atoms with Crippen LogP contribution in [0.25, 0.3) is 27.5 Å². The van der Waals surface area contributed by atoms with E-state index in [2.05, 4.69) is 33.5 Å². The average molecular weight is 234 g/mol. The molecule has 2 heterocycles. The van der Waals surface area contributed by atoms with Crippen molar-refractivity contribution in [3.8, 4) is 0 Å². The topological polar surface area (TPSA) is 43.1 Å². The first-order valence-electron chi connectivity index (χ1n) is 5.83. The van der Waals surface area contributed by atoms with Crippen LogP contribution in [-0.2, 0) is 0 Å². The fraction of sp³-hybridized carbons (Fsp3) is 0.0714. The summed E-state index contributed by atoms with van der Waals surface area (Å²) in [6.45, 7) is 1.99. The highest BCUT2D eigenvalue weighted by Crippen LogP contribution is 2.23. The molecule has 4 nitrogen and oxygen atoms in total. The predicted molar refractivity (Wildman–Crippen MR) is 70.5 cm³/mol. The first-order chi connectivity index (χ1) is 8.84. The van der Waals surface area contributed by atoms with Crippen molar-refractivity contribution in [1.82, 2.24) is 19.8 Å². The summed E-state index contributed by atoms with van der Waals surface area (Å²) in [5.74, 6) is 0. The number of rotatable bonds is 0. The third-order valence-electron chi connectivity index (χ3n) is 3.27. The van der Waals surface area contributed by atoms with Crippen LogP contribution in [0.4, 0.5) is 0 Å². The summed E-state index contributed by atoms with van der Waals surface area (Å²) in [7, 11) is 0. The zero-order valence-corrected chi connectivity index (χ0v) is 9.83. The second-order valence-corrected chi connectivity index (χ2v) is 4.42. The van der Waals surface area contributed by atoms with Crippen LogP contribution in [0.5, 0.6) is 0 Å². The third-order valence-corrected chi connectivity index (χ3v) is 3.27. The van der Waals surface area contributed by atoms with Gasteiger partial charge in [0.1, 0.15) is 5.52 Å². The van der Waals surface area contributed by atoms with Crippen molar-refractivity contribution in [3.05, 3.63) is 48.2 Å². The predicted octanol–water partition coefficient (Wildman–Crippen LogP) is 2.74. The molecule has 0 atom stereocenters. The molecular weight excluding hydrogens is 224 g/mol. The average Bonchev–Trinajstić information content (AvgIpc) is 2.80. The molecule has 0 saturated heterocycles. The molecule has 0 aliphatic heterocycles. The van der Waals surface area contributed by atoms with Crippen LogP contribution in [0.1, 0.15) is 5.56 Å². The smallest absolute Gasteiger partial charge is 0.180 e. The van der Waals surface area contributed by atoms with Crippen molar-refractivity contribution in [2.24, 2.45) is 0 Å². The zero-order chi connectivity index (χ0) is 12.1. The van der Waals surface area contributed by atoms with Gasteiger partial charge in [0.15, 0.2) is 5.65 Å². The molecule has 0 radical (unpaired) electrons. The lowest BCUT2D eigenvalue weighted by Crippen LogP contribution is -1.97. The summed E-state index contributed by atoms with van der Waals surface area (Å²) in [6.07, 6.45) is 1.82. The molecule has 18 heavy (non-hydrogen) atoms. The lowest BCUT2D eigenvalue weighted by atomic mass is 10.1. The lowest BCUT2D eigenvalue weighted by Gasteiger charge is -2.03. The Labute approximate surface area is 103 Å². The Kier molecular flexibility index (Phi) is 1.73. The van der Waals surface area contributed by atoms with Crippen LogP contribution in [0.15, 0.2) is 42.6 Å². The zero-order valence-electron chi connectivity index (χ0n) is 9.83. The fourth-order valence-electron chi connectivity index (χ4n) is 2.34. The van der Waals surface area contributed by atoms with E-state index in [0.29, 0.717) is 0 Å². The number of fused-ring (bicyclic) bond motifs is 5. The van der Waals surface area contributed by atoms with Gasteiger partial charge in [-0.05, 0) is 18.4 Å². The van der Waals surface area contributed by atoms with E-state index in [9.17, 15) is 0 Å². The maximum absolute atomic E-state index is 4.37. The molecule has 0 N–H and O–H groups in total. The van der Waals surface area contributed by atoms with E-state index in [1.54, 1.807) is 0 Å². The molecule has 0 aliphatic carbocycles. The van der Waals surface area contributed by atoms with Crippen LogP contribution in [0, 0.1) is 6.92 Å². The van der Waals surface area contributed by atoms with E-state index in [1.165, 1.54) is 5.39 Å². The van der Waals surface area contributed by atoms with Gasteiger partial charge in [0, 0.05) is 10.9 Å². The van der Waals surface area contributed by atoms with Gasteiger partial charge in [0.05, 0.1) is 11.7 Å². The minimum atomic E-state index is 0.817. The van der Waals surface area contributed by atoms with Crippen molar-refractivity contribution in [2.75, 3.05) is 0 Å². The minimum Gasteiger partial charge on any atom is -0.211 e. The minimum absolute atomic E-state index is 0.817. The molecule has 0 saturated carbocycles. The van der Waals surface area contributed by atoms with Crippen molar-refractivity contribution in [2.45, 2.75) is 6.92 Å². The van der Waals surface area contributed by atoms with Gasteiger partial charge in [-0.1, -0.05) is 30.3 Å². The molecule has 2 aromatic carbocycles. The molecule has 86 valence electrons. The highest BCUT2D eigenvalue weighted by atomic mass is 15.3. The number of hydrogen-bond donors (Lipinski definition) is 0. The van der Waals surface area contributed by atoms with E-state index in [4.69, 9.17) is 0 Å². The number of aryl methyl sites for hydroxylation is 1. The maximum atomic E-state index is 4.37. The quantitative estimate of drug-likeness (QED) is 0.439. The van der Waals surface area contributed by atoms with Gasteiger partial charge in [-0.2, -0.15) is 5.10 Å². The Hall–Kier alpha value is -2.49. The molecule has 4 aromatic rings. The van der Waals surface area contributed by atoms with Crippen LogP contribution in [0.3, 0.4) is 0 Å². The summed E-state index contributed by atoms with van der Waals surface area (Å²) in [4.78, 5) is 0. The number of hydrogen-bond acceptors (Lipinski definition) is 3. The first kappa shape index (κ1) is 9.53. The van der Waals surface area contributed by atoms with Gasteiger partial charge in [-0.25, -0.2) is 4.52 Å². The van der Waals surface area contributed by atoms with Gasteiger partial charge >= 0.3 is 0 Å². The molecule has 0 fully saturated rings. The van der Waals surface area contributed by atoms with Crippen LogP contribution >= 0.6 is 0 Å². The SMILES string of the molecule is Cc1cnn2c1nnc1c3ccccc3ccc12. The molecular formula is C14H10N4. The Morgan fingerprint density at radius 3 is 2.83 bits per heavy atom. The Morgan fingerprint density at radius 1 is 1.00 bits per heavy atom. The summed E-state index contributed by atoms with van der Waals surface area (Å²) in [5, 5.41) is 15.3. The highest BCUT2D eigenvalue weighted by Gasteiger charge is 2.08. The van der Waals surface area contributed by atoms with Crippen molar-refractivity contribution >= 4 is 27.5 Å². The van der Waals surface area contributed by atoms with E-state index >= 15 is 0 Å². The summed E-state index contributed by atoms with van der Waals surface area (Å²) < 4.78 is 1.85. The molecule has 0 unspecified atom stereocenters. The maximum Gasteiger partial charge on any atom is 0.180 e. The summed E-state index contributed by atoms with van der Waals surface area (Å²) in [5.41, 5.74) is 3.74. The van der Waals surface area contributed by atoms with Gasteiger partial charge < -0.3 is 0 Å². The van der Waals surface area contributed by atoms with Crippen molar-refractivity contribution < 1.29 is 0 Å². The Balaban J connectivity index is 2.30. The molecule has 4 rings (SSSR count). The first-order valence-corrected chi connectivity index (χ1v) is 5.83. The number of nitrogens with zero attached hydrogens (tertiary/aromatic N) is 4. The van der Waals surface area contributed by atoms with Crippen molar-refractivity contribution in [1.29, 1.82) is 0 Å². The van der Waals surface area contributed by atoms with Gasteiger partial charge in [0.2, 0.25) is 0 Å². The molecule has 0 bridgehead atoms. The van der Waals surface area contributed by atoms with Crippen LogP contribution < -0.4 is 0 Å². The molecule has 2 aromatic heterocycles. The number of aromatic nitrogens is 4. The van der Waals surface area contributed by atoms with Gasteiger partial charge in [-0.3, -0.25) is 0 Å². The molecule has 0 amide bonds. The Bertz CT molecular complexity index is 892. The van der Waals surface area contributed by atoms with Crippen molar-refractivity contribution in [3.63, 3.8) is 0 Å². The Morgan fingerprint density at radius 2 is 1.89 bits per heavy atom. The second kappa shape index (κ2) is 3.26. The largest absolute Gasteiger partial charge is 0.211 e. The van der Waals surface area contributed by atoms with Gasteiger partial charge in [-0.15, -0.1) is 10.2 Å². The number of benzene rings is 2. The van der Waals surface area contributed by atoms with Crippen LogP contribution in [-0.4, -0.2) is 19.8 Å². The van der Waals surface area contributed by atoms with E-state index < -0.39 is 0 Å². The van der Waals surface area contributed by atoms with E-state index in [1.807, 2.05) is 35.8 Å². The summed E-state index contributed by atoms with van der Waals surface area (Å²) in [6, 6.07) is 12.3. The summed E-state index contributed by atoms with van der Waals surface area (Å²) >= 11 is 0. The second-order valence-electron chi connectivity index (χ2n) is 4.42. The van der Waals surface area contributed by atoms with Gasteiger partial charge in [0.25, 0.3) is 0 Å². The highest BCUT2D eigenvalue weighted by molar-refractivity contribution is 6.04. The normalized spacial score (nSPS) is 11.6. The third kappa shape index (κ3) is 1.12. The van der Waals surface area contributed by atoms with Crippen LogP contribution in [0.2, 0.25) is 0 Å². The molecule has 0 spiro atoms. The monoisotopic (exact) mass is 234 g/mol. The standard InChI is InChI=1S/C14H10N4/c1-9-8-15-18-12-7-6-10-4-2-3-5-11(10)13(12)16-17-14(9)18/h2-8H,1H3. The molecule has 0 aliphatic rings. The van der Waals surface area contributed by atoms with E-state index in [-0.39, 0.29) is 0 Å². The lowest BCUT2D eigenvalue weighted by molar-refractivity contribution is 0.944.